The second-order valence-electron chi connectivity index (χ2n) is 7.39. The van der Waals surface area contributed by atoms with Gasteiger partial charge in [-0.15, -0.1) is 0 Å². The van der Waals surface area contributed by atoms with E-state index in [1.54, 1.807) is 12.1 Å². The van der Waals surface area contributed by atoms with Crippen LogP contribution in [0, 0.1) is 0 Å². The Kier molecular flexibility index (Phi) is 8.25. The van der Waals surface area contributed by atoms with Gasteiger partial charge in [0.2, 0.25) is 0 Å². The number of nitrogens with one attached hydrogen (secondary N) is 2. The minimum absolute atomic E-state index is 0.0540. The molecule has 168 valence electrons. The number of sulfone groups is 1. The number of hydrogen-bond donors (Lipinski definition) is 3. The largest absolute Gasteiger partial charge is 0.506 e. The fourth-order valence-corrected chi connectivity index (χ4v) is 5.42. The first-order valence-corrected chi connectivity index (χ1v) is 12.9. The van der Waals surface area contributed by atoms with Crippen LogP contribution < -0.4 is 10.2 Å². The maximum absolute atomic E-state index is 12.2. The number of rotatable bonds is 12. The number of hydrogen-bond acceptors (Lipinski definition) is 7. The van der Waals surface area contributed by atoms with Gasteiger partial charge in [-0.3, -0.25) is 4.79 Å². The van der Waals surface area contributed by atoms with Gasteiger partial charge < -0.3 is 20.1 Å². The normalized spacial score (nSPS) is 12.9. The molecule has 3 aromatic rings. The number of benzene rings is 2. The van der Waals surface area contributed by atoms with Gasteiger partial charge in [0.05, 0.1) is 22.3 Å². The van der Waals surface area contributed by atoms with E-state index in [-0.39, 0.29) is 28.2 Å². The van der Waals surface area contributed by atoms with E-state index in [9.17, 15) is 18.3 Å². The molecule has 0 amide bonds. The molecule has 7 nitrogen and oxygen atoms in total. The maximum atomic E-state index is 12.2. The van der Waals surface area contributed by atoms with Gasteiger partial charge in [0.1, 0.15) is 11.3 Å². The molecule has 1 aromatic heterocycles. The number of phenols is 1. The molecule has 0 aliphatic rings. The molecule has 1 atom stereocenters. The van der Waals surface area contributed by atoms with Gasteiger partial charge in [-0.25, -0.2) is 8.42 Å². The highest BCUT2D eigenvalue weighted by Gasteiger charge is 2.12. The van der Waals surface area contributed by atoms with Gasteiger partial charge in [0.25, 0.3) is 0 Å². The average molecular weight is 465 g/mol. The third-order valence-electron chi connectivity index (χ3n) is 5.04. The van der Waals surface area contributed by atoms with Crippen LogP contribution >= 0.6 is 11.3 Å². The lowest BCUT2D eigenvalue weighted by molar-refractivity contribution is 0.0666. The quantitative estimate of drug-likeness (QED) is 0.356. The topological polar surface area (TPSA) is 108 Å². The first-order chi connectivity index (χ1) is 14.9. The number of aromatic nitrogens is 1. The van der Waals surface area contributed by atoms with E-state index in [1.165, 1.54) is 0 Å². The molecular weight excluding hydrogens is 436 g/mol. The van der Waals surface area contributed by atoms with Crippen molar-refractivity contribution in [3.05, 3.63) is 63.3 Å². The van der Waals surface area contributed by atoms with E-state index in [0.717, 1.165) is 27.2 Å². The fraction of sp³-hybridized carbons (Fsp3) is 0.409. The molecule has 0 aliphatic carbocycles. The SMILES string of the molecule is CC(OCCCS(=O)(=O)CCNCCc1ccc(O)c2[nH]c(=O)sc12)c1ccccc1. The standard InChI is InChI=1S/C22H28N2O5S2/c1-16(17-6-3-2-4-7-17)29-13-5-14-31(27,28)15-12-23-11-10-18-8-9-19(25)20-21(18)30-22(26)24-20/h2-4,6-9,16,23,25H,5,10-15H2,1H3,(H,24,26). The van der Waals surface area contributed by atoms with Gasteiger partial charge in [0, 0.05) is 13.2 Å². The summed E-state index contributed by atoms with van der Waals surface area (Å²) >= 11 is 1.07. The molecule has 31 heavy (non-hydrogen) atoms. The van der Waals surface area contributed by atoms with Crippen molar-refractivity contribution in [2.24, 2.45) is 0 Å². The summed E-state index contributed by atoms with van der Waals surface area (Å²) in [6, 6.07) is 13.2. The van der Waals surface area contributed by atoms with Gasteiger partial charge in [-0.05, 0) is 43.5 Å². The zero-order chi connectivity index (χ0) is 22.3. The number of thiazole rings is 1. The molecule has 2 aromatic carbocycles. The molecule has 0 saturated carbocycles. The maximum Gasteiger partial charge on any atom is 0.305 e. The number of aromatic hydroxyl groups is 1. The Hall–Kier alpha value is -2.20. The summed E-state index contributed by atoms with van der Waals surface area (Å²) in [5.41, 5.74) is 2.47. The van der Waals surface area contributed by atoms with Crippen LogP contribution in [0.4, 0.5) is 0 Å². The highest BCUT2D eigenvalue weighted by molar-refractivity contribution is 7.91. The Morgan fingerprint density at radius 1 is 1.13 bits per heavy atom. The van der Waals surface area contributed by atoms with Gasteiger partial charge in [-0.1, -0.05) is 47.7 Å². The summed E-state index contributed by atoms with van der Waals surface area (Å²) in [4.78, 5) is 14.0. The van der Waals surface area contributed by atoms with Crippen molar-refractivity contribution >= 4 is 31.4 Å². The lowest BCUT2D eigenvalue weighted by atomic mass is 10.1. The number of H-pyrrole nitrogens is 1. The fourth-order valence-electron chi connectivity index (χ4n) is 3.31. The lowest BCUT2D eigenvalue weighted by Crippen LogP contribution is -2.26. The molecule has 3 N–H and O–H groups in total. The molecule has 1 heterocycles. The summed E-state index contributed by atoms with van der Waals surface area (Å²) in [5, 5.41) is 13.0. The molecular formula is C22H28N2O5S2. The molecule has 1 unspecified atom stereocenters. The Bertz CT molecular complexity index is 1140. The van der Waals surface area contributed by atoms with E-state index in [0.29, 0.717) is 38.1 Å². The second kappa shape index (κ2) is 10.9. The molecule has 0 fully saturated rings. The second-order valence-corrected chi connectivity index (χ2v) is 10.7. The highest BCUT2D eigenvalue weighted by atomic mass is 32.2. The van der Waals surface area contributed by atoms with Crippen LogP contribution in [-0.4, -0.2) is 49.7 Å². The Balaban J connectivity index is 1.35. The van der Waals surface area contributed by atoms with Crippen molar-refractivity contribution in [3.8, 4) is 5.75 Å². The van der Waals surface area contributed by atoms with Gasteiger partial charge >= 0.3 is 4.87 Å². The van der Waals surface area contributed by atoms with Crippen LogP contribution in [0.15, 0.2) is 47.3 Å². The smallest absolute Gasteiger partial charge is 0.305 e. The van der Waals surface area contributed by atoms with Crippen molar-refractivity contribution in [1.82, 2.24) is 10.3 Å². The summed E-state index contributed by atoms with van der Waals surface area (Å²) in [7, 11) is -3.15. The monoisotopic (exact) mass is 464 g/mol. The van der Waals surface area contributed by atoms with Crippen LogP contribution in [0.5, 0.6) is 5.75 Å². The highest BCUT2D eigenvalue weighted by Crippen LogP contribution is 2.27. The zero-order valence-corrected chi connectivity index (χ0v) is 19.1. The van der Waals surface area contributed by atoms with Crippen LogP contribution in [0.25, 0.3) is 10.2 Å². The van der Waals surface area contributed by atoms with Crippen molar-refractivity contribution in [1.29, 1.82) is 0 Å². The molecule has 0 saturated heterocycles. The average Bonchev–Trinajstić information content (AvgIpc) is 3.15. The Morgan fingerprint density at radius 2 is 1.90 bits per heavy atom. The Morgan fingerprint density at radius 3 is 2.68 bits per heavy atom. The van der Waals surface area contributed by atoms with E-state index in [1.807, 2.05) is 37.3 Å². The molecule has 0 radical (unpaired) electrons. The number of fused-ring (bicyclic) bond motifs is 1. The van der Waals surface area contributed by atoms with Gasteiger partial charge in [-0.2, -0.15) is 0 Å². The summed E-state index contributed by atoms with van der Waals surface area (Å²) < 4.78 is 30.9. The zero-order valence-electron chi connectivity index (χ0n) is 17.5. The van der Waals surface area contributed by atoms with Crippen molar-refractivity contribution in [3.63, 3.8) is 0 Å². The lowest BCUT2D eigenvalue weighted by Gasteiger charge is -2.13. The van der Waals surface area contributed by atoms with E-state index in [2.05, 4.69) is 10.3 Å². The first-order valence-electron chi connectivity index (χ1n) is 10.3. The molecule has 9 heteroatoms. The predicted molar refractivity (Wildman–Crippen MR) is 125 cm³/mol. The third kappa shape index (κ3) is 6.90. The van der Waals surface area contributed by atoms with E-state index in [4.69, 9.17) is 4.74 Å². The van der Waals surface area contributed by atoms with Crippen LogP contribution in [0.1, 0.15) is 30.6 Å². The van der Waals surface area contributed by atoms with Crippen molar-refractivity contribution in [2.45, 2.75) is 25.9 Å². The minimum atomic E-state index is -3.15. The molecule has 0 aliphatic heterocycles. The number of phenolic OH excluding ortho intramolecular Hbond substituents is 1. The summed E-state index contributed by atoms with van der Waals surface area (Å²) in [6.07, 6.45) is 1.04. The summed E-state index contributed by atoms with van der Waals surface area (Å²) in [6.45, 7) is 3.31. The number of ether oxygens (including phenoxy) is 1. The van der Waals surface area contributed by atoms with E-state index >= 15 is 0 Å². The van der Waals surface area contributed by atoms with Crippen molar-refractivity contribution in [2.75, 3.05) is 31.2 Å². The third-order valence-corrected chi connectivity index (χ3v) is 7.73. The van der Waals surface area contributed by atoms with Crippen molar-refractivity contribution < 1.29 is 18.3 Å². The van der Waals surface area contributed by atoms with Crippen LogP contribution in [-0.2, 0) is 21.0 Å². The number of aromatic amines is 1. The van der Waals surface area contributed by atoms with E-state index < -0.39 is 9.84 Å². The first kappa shape index (κ1) is 23.5. The molecule has 0 spiro atoms. The Labute approximate surface area is 186 Å². The van der Waals surface area contributed by atoms with Crippen LogP contribution in [0.3, 0.4) is 0 Å². The molecule has 0 bridgehead atoms. The van der Waals surface area contributed by atoms with Gasteiger partial charge in [0.15, 0.2) is 9.84 Å². The van der Waals surface area contributed by atoms with Crippen LogP contribution in [0.2, 0.25) is 0 Å². The summed E-state index contributed by atoms with van der Waals surface area (Å²) in [5.74, 6) is 0.230. The minimum Gasteiger partial charge on any atom is -0.506 e. The molecule has 3 rings (SSSR count). The predicted octanol–water partition coefficient (Wildman–Crippen LogP) is 3.01.